The van der Waals surface area contributed by atoms with Crippen LogP contribution in [0.5, 0.6) is 0 Å². The molecule has 0 unspecified atom stereocenters. The van der Waals surface area contributed by atoms with Gasteiger partial charge in [0.2, 0.25) is 0 Å². The summed E-state index contributed by atoms with van der Waals surface area (Å²) in [7, 11) is 3.95. The molecule has 136 valence electrons. The van der Waals surface area contributed by atoms with Crippen LogP contribution in [0.4, 0.5) is 16.2 Å². The fourth-order valence-electron chi connectivity index (χ4n) is 2.93. The Morgan fingerprint density at radius 3 is 2.60 bits per heavy atom. The van der Waals surface area contributed by atoms with Crippen LogP contribution >= 0.6 is 0 Å². The average molecular weight is 343 g/mol. The number of benzene rings is 1. The number of amides is 2. The van der Waals surface area contributed by atoms with Crippen molar-refractivity contribution in [1.29, 1.82) is 0 Å². The molecular formula is C19H29N5O. The molecule has 2 amide bonds. The van der Waals surface area contributed by atoms with Gasteiger partial charge >= 0.3 is 6.03 Å². The number of para-hydroxylation sites is 2. The number of carbonyl (C=O) groups excluding carboxylic acids is 1. The molecule has 1 heterocycles. The Balaban J connectivity index is 2.01. The smallest absolute Gasteiger partial charge is 0.319 e. The van der Waals surface area contributed by atoms with E-state index in [1.807, 2.05) is 56.9 Å². The molecule has 0 aliphatic carbocycles. The molecule has 6 heteroatoms. The van der Waals surface area contributed by atoms with Gasteiger partial charge in [-0.25, -0.2) is 4.79 Å². The highest BCUT2D eigenvalue weighted by Crippen LogP contribution is 2.24. The Morgan fingerprint density at radius 1 is 1.32 bits per heavy atom. The predicted octanol–water partition coefficient (Wildman–Crippen LogP) is 3.25. The van der Waals surface area contributed by atoms with Gasteiger partial charge in [0.1, 0.15) is 0 Å². The van der Waals surface area contributed by atoms with Crippen molar-refractivity contribution in [3.05, 3.63) is 41.2 Å². The molecule has 1 aromatic heterocycles. The van der Waals surface area contributed by atoms with E-state index in [2.05, 4.69) is 34.5 Å². The molecule has 1 atom stereocenters. The molecule has 0 spiro atoms. The first-order valence-corrected chi connectivity index (χ1v) is 8.70. The van der Waals surface area contributed by atoms with Crippen molar-refractivity contribution in [3.8, 4) is 0 Å². The molecule has 2 N–H and O–H groups in total. The second-order valence-electron chi connectivity index (χ2n) is 6.51. The molecule has 25 heavy (non-hydrogen) atoms. The monoisotopic (exact) mass is 343 g/mol. The molecule has 0 fully saturated rings. The number of anilines is 2. The number of rotatable bonds is 6. The second kappa shape index (κ2) is 8.05. The third kappa shape index (κ3) is 4.53. The molecule has 0 radical (unpaired) electrons. The largest absolute Gasteiger partial charge is 0.373 e. The van der Waals surface area contributed by atoms with E-state index in [1.165, 1.54) is 5.56 Å². The van der Waals surface area contributed by atoms with Gasteiger partial charge in [0.15, 0.2) is 0 Å². The van der Waals surface area contributed by atoms with Crippen molar-refractivity contribution in [1.82, 2.24) is 15.1 Å². The normalized spacial score (nSPS) is 11.9. The number of aromatic nitrogens is 2. The zero-order valence-corrected chi connectivity index (χ0v) is 16.1. The van der Waals surface area contributed by atoms with Gasteiger partial charge in [-0.3, -0.25) is 4.68 Å². The van der Waals surface area contributed by atoms with Gasteiger partial charge in [-0.05, 0) is 51.8 Å². The van der Waals surface area contributed by atoms with Crippen LogP contribution in [0.1, 0.15) is 30.8 Å². The molecular weight excluding hydrogens is 314 g/mol. The van der Waals surface area contributed by atoms with Crippen LogP contribution in [-0.2, 0) is 13.5 Å². The highest BCUT2D eigenvalue weighted by atomic mass is 16.2. The maximum atomic E-state index is 12.4. The van der Waals surface area contributed by atoms with Crippen molar-refractivity contribution in [2.24, 2.45) is 7.05 Å². The highest BCUT2D eigenvalue weighted by molar-refractivity contribution is 5.93. The summed E-state index contributed by atoms with van der Waals surface area (Å²) in [5.74, 6) is 0. The highest BCUT2D eigenvalue weighted by Gasteiger charge is 2.15. The molecule has 6 nitrogen and oxygen atoms in total. The molecule has 0 aliphatic rings. The van der Waals surface area contributed by atoms with E-state index in [4.69, 9.17) is 0 Å². The number of carbonyl (C=O) groups is 1. The summed E-state index contributed by atoms with van der Waals surface area (Å²) in [6.45, 7) is 9.02. The van der Waals surface area contributed by atoms with Crippen LogP contribution in [0.25, 0.3) is 0 Å². The van der Waals surface area contributed by atoms with Gasteiger partial charge in [0.05, 0.1) is 17.1 Å². The van der Waals surface area contributed by atoms with Crippen molar-refractivity contribution < 1.29 is 4.79 Å². The lowest BCUT2D eigenvalue weighted by Crippen LogP contribution is -2.37. The van der Waals surface area contributed by atoms with E-state index in [1.54, 1.807) is 0 Å². The number of nitrogens with one attached hydrogen (secondary N) is 2. The molecule has 0 aliphatic heterocycles. The Morgan fingerprint density at radius 2 is 2.00 bits per heavy atom. The number of nitrogens with zero attached hydrogens (tertiary/aromatic N) is 3. The number of urea groups is 1. The molecule has 0 saturated heterocycles. The summed E-state index contributed by atoms with van der Waals surface area (Å²) in [6, 6.07) is 7.64. The average Bonchev–Trinajstić information content (AvgIpc) is 2.80. The first-order chi connectivity index (χ1) is 11.8. The Hall–Kier alpha value is -2.50. The molecule has 2 aromatic rings. The quantitative estimate of drug-likeness (QED) is 0.846. The van der Waals surface area contributed by atoms with Crippen LogP contribution in [0.2, 0.25) is 0 Å². The van der Waals surface area contributed by atoms with Crippen LogP contribution in [0, 0.1) is 13.8 Å². The summed E-state index contributed by atoms with van der Waals surface area (Å²) < 4.78 is 1.88. The predicted molar refractivity (Wildman–Crippen MR) is 103 cm³/mol. The summed E-state index contributed by atoms with van der Waals surface area (Å²) in [6.07, 6.45) is 0.759. The Bertz CT molecular complexity index is 737. The van der Waals surface area contributed by atoms with Crippen molar-refractivity contribution in [2.45, 2.75) is 40.2 Å². The van der Waals surface area contributed by atoms with Gasteiger partial charge in [0.25, 0.3) is 0 Å². The van der Waals surface area contributed by atoms with Crippen LogP contribution < -0.4 is 15.5 Å². The number of hydrogen-bond acceptors (Lipinski definition) is 3. The van der Waals surface area contributed by atoms with E-state index in [0.29, 0.717) is 0 Å². The summed E-state index contributed by atoms with van der Waals surface area (Å²) in [4.78, 5) is 14.5. The minimum Gasteiger partial charge on any atom is -0.373 e. The SMILES string of the molecule is CCN(C)c1ccccc1NC(=O)N[C@H](C)Cc1c(C)nn(C)c1C. The Labute approximate surface area is 150 Å². The van der Waals surface area contributed by atoms with Crippen molar-refractivity contribution in [3.63, 3.8) is 0 Å². The first kappa shape index (κ1) is 18.8. The zero-order valence-electron chi connectivity index (χ0n) is 16.1. The third-order valence-corrected chi connectivity index (χ3v) is 4.58. The number of aryl methyl sites for hydroxylation is 2. The van der Waals surface area contributed by atoms with E-state index in [9.17, 15) is 4.79 Å². The van der Waals surface area contributed by atoms with Gasteiger partial charge in [-0.15, -0.1) is 0 Å². The van der Waals surface area contributed by atoms with Crippen LogP contribution in [0.3, 0.4) is 0 Å². The van der Waals surface area contributed by atoms with E-state index < -0.39 is 0 Å². The fourth-order valence-corrected chi connectivity index (χ4v) is 2.93. The summed E-state index contributed by atoms with van der Waals surface area (Å²) in [5, 5.41) is 10.4. The minimum absolute atomic E-state index is 0.0117. The van der Waals surface area contributed by atoms with E-state index in [-0.39, 0.29) is 12.1 Å². The minimum atomic E-state index is -0.191. The maximum absolute atomic E-state index is 12.4. The van der Waals surface area contributed by atoms with Gasteiger partial charge in [-0.2, -0.15) is 5.10 Å². The van der Waals surface area contributed by atoms with Crippen LogP contribution in [-0.4, -0.2) is 35.4 Å². The third-order valence-electron chi connectivity index (χ3n) is 4.58. The lowest BCUT2D eigenvalue weighted by molar-refractivity contribution is 0.249. The van der Waals surface area contributed by atoms with Gasteiger partial charge < -0.3 is 15.5 Å². The topological polar surface area (TPSA) is 62.2 Å². The number of hydrogen-bond donors (Lipinski definition) is 2. The van der Waals surface area contributed by atoms with Crippen molar-refractivity contribution in [2.75, 3.05) is 23.8 Å². The second-order valence-corrected chi connectivity index (χ2v) is 6.51. The van der Waals surface area contributed by atoms with Gasteiger partial charge in [0, 0.05) is 32.4 Å². The van der Waals surface area contributed by atoms with Crippen molar-refractivity contribution >= 4 is 17.4 Å². The summed E-state index contributed by atoms with van der Waals surface area (Å²) >= 11 is 0. The van der Waals surface area contributed by atoms with E-state index >= 15 is 0 Å². The van der Waals surface area contributed by atoms with Crippen LogP contribution in [0.15, 0.2) is 24.3 Å². The standard InChI is InChI=1S/C19H29N5O/c1-7-23(5)18-11-9-8-10-17(18)21-19(25)20-13(2)12-16-14(3)22-24(6)15(16)4/h8-11,13H,7,12H2,1-6H3,(H2,20,21,25)/t13-/m1/s1. The fraction of sp³-hybridized carbons (Fsp3) is 0.474. The molecule has 0 saturated carbocycles. The van der Waals surface area contributed by atoms with E-state index in [0.717, 1.165) is 35.7 Å². The Kier molecular flexibility index (Phi) is 6.07. The molecule has 1 aromatic carbocycles. The first-order valence-electron chi connectivity index (χ1n) is 8.70. The lowest BCUT2D eigenvalue weighted by Gasteiger charge is -2.21. The zero-order chi connectivity index (χ0) is 18.6. The summed E-state index contributed by atoms with van der Waals surface area (Å²) in [5.41, 5.74) is 5.17. The maximum Gasteiger partial charge on any atom is 0.319 e. The molecule has 0 bridgehead atoms. The van der Waals surface area contributed by atoms with Gasteiger partial charge in [-0.1, -0.05) is 12.1 Å². The lowest BCUT2D eigenvalue weighted by atomic mass is 10.1. The molecule has 2 rings (SSSR count).